The Morgan fingerprint density at radius 3 is 2.19 bits per heavy atom. The summed E-state index contributed by atoms with van der Waals surface area (Å²) in [4.78, 5) is 36.5. The van der Waals surface area contributed by atoms with Crippen molar-refractivity contribution < 1.29 is 28.6 Å². The molecule has 0 bridgehead atoms. The molecule has 0 saturated carbocycles. The van der Waals surface area contributed by atoms with Crippen molar-refractivity contribution in [3.05, 3.63) is 59.7 Å². The second-order valence-corrected chi connectivity index (χ2v) is 7.11. The second kappa shape index (κ2) is 11.0. The Balaban J connectivity index is 2.00. The molecule has 0 saturated heterocycles. The number of rotatable bonds is 9. The monoisotopic (exact) mass is 425 g/mol. The average Bonchev–Trinajstić information content (AvgIpc) is 2.77. The van der Waals surface area contributed by atoms with Crippen LogP contribution in [0.5, 0.6) is 11.5 Å². The summed E-state index contributed by atoms with van der Waals surface area (Å²) in [5, 5.41) is 2.75. The normalized spacial score (nSPS) is 11.8. The van der Waals surface area contributed by atoms with E-state index in [0.717, 1.165) is 0 Å². The lowest BCUT2D eigenvalue weighted by Crippen LogP contribution is -2.23. The molecular weight excluding hydrogens is 398 g/mol. The number of nitrogens with one attached hydrogen (secondary N) is 1. The molecule has 0 aliphatic heterocycles. The zero-order chi connectivity index (χ0) is 23.0. The Morgan fingerprint density at radius 2 is 1.61 bits per heavy atom. The molecule has 2 aromatic carbocycles. The highest BCUT2D eigenvalue weighted by Gasteiger charge is 2.19. The minimum atomic E-state index is -0.972. The molecule has 1 amide bonds. The molecule has 0 aliphatic carbocycles. The van der Waals surface area contributed by atoms with Gasteiger partial charge in [0.05, 0.1) is 14.2 Å². The van der Waals surface area contributed by atoms with E-state index < -0.39 is 12.1 Å². The van der Waals surface area contributed by atoms with E-state index in [2.05, 4.69) is 5.32 Å². The number of anilines is 1. The molecule has 7 nitrogen and oxygen atoms in total. The molecule has 2 rings (SSSR count). The van der Waals surface area contributed by atoms with E-state index in [1.54, 1.807) is 63.4 Å². The molecule has 1 atom stereocenters. The number of hydrogen-bond acceptors (Lipinski definition) is 6. The van der Waals surface area contributed by atoms with Crippen molar-refractivity contribution in [3.63, 3.8) is 0 Å². The Bertz CT molecular complexity index is 963. The first-order chi connectivity index (χ1) is 14.7. The molecule has 0 aliphatic rings. The van der Waals surface area contributed by atoms with E-state index in [9.17, 15) is 14.4 Å². The van der Waals surface area contributed by atoms with Gasteiger partial charge in [0.2, 0.25) is 11.7 Å². The summed E-state index contributed by atoms with van der Waals surface area (Å²) in [5.41, 5.74) is 1.60. The smallest absolute Gasteiger partial charge is 0.331 e. The highest BCUT2D eigenvalue weighted by molar-refractivity contribution is 6.01. The van der Waals surface area contributed by atoms with Gasteiger partial charge in [-0.15, -0.1) is 0 Å². The third-order valence-electron chi connectivity index (χ3n) is 4.46. The highest BCUT2D eigenvalue weighted by Crippen LogP contribution is 2.25. The van der Waals surface area contributed by atoms with Gasteiger partial charge in [-0.3, -0.25) is 9.59 Å². The fourth-order valence-electron chi connectivity index (χ4n) is 2.63. The molecule has 7 heteroatoms. The van der Waals surface area contributed by atoms with Crippen LogP contribution in [0.4, 0.5) is 5.69 Å². The third-order valence-corrected chi connectivity index (χ3v) is 4.46. The van der Waals surface area contributed by atoms with Crippen LogP contribution in [0.2, 0.25) is 0 Å². The molecule has 0 radical (unpaired) electrons. The van der Waals surface area contributed by atoms with Gasteiger partial charge in [0, 0.05) is 28.8 Å². The maximum atomic E-state index is 12.6. The van der Waals surface area contributed by atoms with E-state index in [1.165, 1.54) is 26.2 Å². The SMILES string of the molecule is COc1ccc(OC)c(/C=C/C(=O)OC(C)C(=O)c2ccc(NC(=O)C(C)C)cc2)c1. The third kappa shape index (κ3) is 6.70. The van der Waals surface area contributed by atoms with Crippen LogP contribution in [0, 0.1) is 5.92 Å². The predicted molar refractivity (Wildman–Crippen MR) is 118 cm³/mol. The van der Waals surface area contributed by atoms with Crippen molar-refractivity contribution in [2.24, 2.45) is 5.92 Å². The molecule has 0 fully saturated rings. The number of ketones is 1. The lowest BCUT2D eigenvalue weighted by molar-refractivity contribution is -0.140. The molecule has 1 unspecified atom stereocenters. The van der Waals surface area contributed by atoms with Crippen molar-refractivity contribution in [2.75, 3.05) is 19.5 Å². The van der Waals surface area contributed by atoms with E-state index in [4.69, 9.17) is 14.2 Å². The fraction of sp³-hybridized carbons (Fsp3) is 0.292. The second-order valence-electron chi connectivity index (χ2n) is 7.11. The highest BCUT2D eigenvalue weighted by atomic mass is 16.5. The van der Waals surface area contributed by atoms with Gasteiger partial charge in [0.15, 0.2) is 6.10 Å². The van der Waals surface area contributed by atoms with Crippen LogP contribution in [0.15, 0.2) is 48.5 Å². The van der Waals surface area contributed by atoms with Crippen LogP contribution in [0.25, 0.3) is 6.08 Å². The summed E-state index contributed by atoms with van der Waals surface area (Å²) in [6.07, 6.45) is 1.79. The first-order valence-corrected chi connectivity index (χ1v) is 9.81. The van der Waals surface area contributed by atoms with Gasteiger partial charge in [-0.05, 0) is 55.5 Å². The molecular formula is C24H27NO6. The van der Waals surface area contributed by atoms with Crippen LogP contribution in [0.1, 0.15) is 36.7 Å². The van der Waals surface area contributed by atoms with Gasteiger partial charge in [0.1, 0.15) is 11.5 Å². The molecule has 164 valence electrons. The van der Waals surface area contributed by atoms with Crippen LogP contribution in [-0.2, 0) is 14.3 Å². The Hall–Kier alpha value is -3.61. The zero-order valence-electron chi connectivity index (χ0n) is 18.3. The number of carbonyl (C=O) groups excluding carboxylic acids is 3. The van der Waals surface area contributed by atoms with Gasteiger partial charge in [-0.2, -0.15) is 0 Å². The van der Waals surface area contributed by atoms with Crippen LogP contribution >= 0.6 is 0 Å². The number of methoxy groups -OCH3 is 2. The van der Waals surface area contributed by atoms with Crippen molar-refractivity contribution in [1.29, 1.82) is 0 Å². The molecule has 31 heavy (non-hydrogen) atoms. The van der Waals surface area contributed by atoms with Gasteiger partial charge >= 0.3 is 5.97 Å². The van der Waals surface area contributed by atoms with Crippen molar-refractivity contribution in [3.8, 4) is 11.5 Å². The number of carbonyl (C=O) groups is 3. The van der Waals surface area contributed by atoms with Crippen LogP contribution in [0.3, 0.4) is 0 Å². The lowest BCUT2D eigenvalue weighted by Gasteiger charge is -2.12. The van der Waals surface area contributed by atoms with Gasteiger partial charge in [-0.1, -0.05) is 13.8 Å². The first-order valence-electron chi connectivity index (χ1n) is 9.81. The molecule has 1 N–H and O–H groups in total. The molecule has 2 aromatic rings. The number of Topliss-reactive ketones (excluding diaryl/α,β-unsaturated/α-hetero) is 1. The number of amides is 1. The topological polar surface area (TPSA) is 90.9 Å². The Kier molecular flexibility index (Phi) is 8.37. The summed E-state index contributed by atoms with van der Waals surface area (Å²) in [6.45, 7) is 5.10. The van der Waals surface area contributed by atoms with E-state index >= 15 is 0 Å². The van der Waals surface area contributed by atoms with E-state index in [-0.39, 0.29) is 17.6 Å². The summed E-state index contributed by atoms with van der Waals surface area (Å²) >= 11 is 0. The van der Waals surface area contributed by atoms with E-state index in [0.29, 0.717) is 28.3 Å². The largest absolute Gasteiger partial charge is 0.497 e. The summed E-state index contributed by atoms with van der Waals surface area (Å²) < 4.78 is 15.7. The molecule has 0 spiro atoms. The predicted octanol–water partition coefficient (Wildman–Crippen LogP) is 4.13. The maximum Gasteiger partial charge on any atom is 0.331 e. The number of ether oxygens (including phenoxy) is 3. The van der Waals surface area contributed by atoms with Gasteiger partial charge in [-0.25, -0.2) is 4.79 Å². The summed E-state index contributed by atoms with van der Waals surface area (Å²) in [7, 11) is 3.07. The summed E-state index contributed by atoms with van der Waals surface area (Å²) in [6, 6.07) is 11.6. The van der Waals surface area contributed by atoms with Crippen molar-refractivity contribution in [1.82, 2.24) is 0 Å². The van der Waals surface area contributed by atoms with Gasteiger partial charge < -0.3 is 19.5 Å². The first kappa shape index (κ1) is 23.7. The number of hydrogen-bond donors (Lipinski definition) is 1. The zero-order valence-corrected chi connectivity index (χ0v) is 18.3. The standard InChI is InChI=1S/C24H27NO6/c1-15(2)24(28)25-19-9-6-17(7-10-19)23(27)16(3)31-22(26)13-8-18-14-20(29-4)11-12-21(18)30-5/h6-16H,1-5H3,(H,25,28)/b13-8+. The Morgan fingerprint density at radius 1 is 0.935 bits per heavy atom. The minimum absolute atomic E-state index is 0.110. The summed E-state index contributed by atoms with van der Waals surface area (Å²) in [5.74, 6) is -0.0791. The number of esters is 1. The quantitative estimate of drug-likeness (QED) is 0.369. The maximum absolute atomic E-state index is 12.6. The van der Waals surface area contributed by atoms with Gasteiger partial charge in [0.25, 0.3) is 0 Å². The van der Waals surface area contributed by atoms with Crippen molar-refractivity contribution >= 4 is 29.4 Å². The lowest BCUT2D eigenvalue weighted by atomic mass is 10.1. The minimum Gasteiger partial charge on any atom is -0.497 e. The molecule has 0 heterocycles. The average molecular weight is 425 g/mol. The van der Waals surface area contributed by atoms with E-state index in [1.807, 2.05) is 0 Å². The molecule has 0 aromatic heterocycles. The van der Waals surface area contributed by atoms with Crippen LogP contribution in [-0.4, -0.2) is 38.0 Å². The fourth-order valence-corrected chi connectivity index (χ4v) is 2.63. The number of benzene rings is 2. The van der Waals surface area contributed by atoms with Crippen LogP contribution < -0.4 is 14.8 Å². The van der Waals surface area contributed by atoms with Crippen molar-refractivity contribution in [2.45, 2.75) is 26.9 Å². The Labute approximate surface area is 182 Å².